The second kappa shape index (κ2) is 17.2. The smallest absolute Gasteiger partial charge is 0.329 e. The number of hydrogen-bond donors (Lipinski definition) is 2. The first-order valence-electron chi connectivity index (χ1n) is 14.1. The molecular weight excluding hydrogens is 669 g/mol. The number of thiazole rings is 1. The highest BCUT2D eigenvalue weighted by Gasteiger charge is 2.41. The highest BCUT2D eigenvalue weighted by atomic mass is 32.2. The van der Waals surface area contributed by atoms with Gasteiger partial charge in [0, 0.05) is 23.3 Å². The molecule has 1 unspecified atom stereocenters. The fourth-order valence-corrected chi connectivity index (χ4v) is 6.77. The maximum Gasteiger partial charge on any atom is 0.329 e. The number of thioether (sulfide) groups is 2. The monoisotopic (exact) mass is 702 g/mol. The van der Waals surface area contributed by atoms with Gasteiger partial charge in [-0.25, -0.2) is 9.78 Å². The first kappa shape index (κ1) is 36.7. The van der Waals surface area contributed by atoms with Crippen LogP contribution in [0.15, 0.2) is 22.5 Å². The SMILES string of the molecule is CC(C)[C@@H]1NC(=O)[C@]2(C)CSC(=N2)c2csc(n2)CNC(=O)C[C@@H](/C=C/CCSC(=O)CCC(CO[N+](=O)[O-])O[N+](=O)[O-])OC1=O. The van der Waals surface area contributed by atoms with Gasteiger partial charge in [0.05, 0.1) is 13.0 Å². The number of carbonyl (C=O) groups is 4. The van der Waals surface area contributed by atoms with E-state index in [0.717, 1.165) is 11.8 Å². The average molecular weight is 703 g/mol. The zero-order chi connectivity index (χ0) is 33.9. The zero-order valence-corrected chi connectivity index (χ0v) is 27.7. The summed E-state index contributed by atoms with van der Waals surface area (Å²) in [6.07, 6.45) is 0.756. The Balaban J connectivity index is 1.62. The molecule has 252 valence electrons. The van der Waals surface area contributed by atoms with Crippen LogP contribution in [-0.2, 0) is 40.1 Å². The number of nitrogens with zero attached hydrogens (tertiary/aromatic N) is 4. The molecule has 4 bridgehead atoms. The van der Waals surface area contributed by atoms with Crippen molar-refractivity contribution in [3.05, 3.63) is 48.5 Å². The molecule has 1 aromatic heterocycles. The number of hydrogen-bond acceptors (Lipinski definition) is 16. The first-order chi connectivity index (χ1) is 21.8. The van der Waals surface area contributed by atoms with Gasteiger partial charge in [-0.3, -0.25) is 19.4 Å². The molecule has 46 heavy (non-hydrogen) atoms. The molecule has 0 radical (unpaired) electrons. The number of aromatic nitrogens is 1. The van der Waals surface area contributed by atoms with E-state index in [9.17, 15) is 39.4 Å². The summed E-state index contributed by atoms with van der Waals surface area (Å²) in [5, 5.41) is 27.0. The van der Waals surface area contributed by atoms with Crippen LogP contribution < -0.4 is 10.6 Å². The highest BCUT2D eigenvalue weighted by Crippen LogP contribution is 2.32. The summed E-state index contributed by atoms with van der Waals surface area (Å²) >= 11 is 3.68. The van der Waals surface area contributed by atoms with Gasteiger partial charge in [-0.1, -0.05) is 31.7 Å². The molecule has 0 aliphatic carbocycles. The Kier molecular flexibility index (Phi) is 13.7. The maximum absolute atomic E-state index is 13.3. The Hall–Kier alpha value is -3.78. The van der Waals surface area contributed by atoms with Gasteiger partial charge in [0.15, 0.2) is 5.12 Å². The van der Waals surface area contributed by atoms with Crippen LogP contribution in [0, 0.1) is 26.1 Å². The number of cyclic esters (lactones) is 1. The number of fused-ring (bicyclic) bond motifs is 4. The van der Waals surface area contributed by atoms with Gasteiger partial charge < -0.3 is 25.0 Å². The van der Waals surface area contributed by atoms with Crippen molar-refractivity contribution in [2.75, 3.05) is 18.1 Å². The van der Waals surface area contributed by atoms with Gasteiger partial charge in [-0.2, -0.15) is 0 Å². The molecule has 4 atom stereocenters. The van der Waals surface area contributed by atoms with E-state index < -0.39 is 58.4 Å². The van der Waals surface area contributed by atoms with E-state index in [2.05, 4.69) is 30.3 Å². The summed E-state index contributed by atoms with van der Waals surface area (Å²) in [4.78, 5) is 90.1. The van der Waals surface area contributed by atoms with Crippen molar-refractivity contribution in [1.29, 1.82) is 0 Å². The predicted octanol–water partition coefficient (Wildman–Crippen LogP) is 2.24. The van der Waals surface area contributed by atoms with Crippen molar-refractivity contribution in [3.63, 3.8) is 0 Å². The molecule has 2 aliphatic rings. The van der Waals surface area contributed by atoms with Crippen molar-refractivity contribution >= 4 is 62.8 Å². The second-order valence-electron chi connectivity index (χ2n) is 10.7. The molecular formula is C26H34N6O11S3. The standard InChI is InChI=1S/C26H34N6O11S3/c1-15(2)22-24(35)42-16(6-4-5-9-44-21(34)8-7-17(43-32(39)40)12-41-31(37)38)10-19(33)27-11-20-28-18(13-45-20)23-30-26(3,14-46-23)25(36)29-22/h4,6,13,15-17,22H,5,7-12,14H2,1-3H3,(H,27,33)(H,29,36)/b6-4+/t16-,17?,22+,26+/m1/s1. The molecule has 2 aliphatic heterocycles. The topological polar surface area (TPSA) is 232 Å². The number of rotatable bonds is 13. The largest absolute Gasteiger partial charge is 0.456 e. The number of esters is 1. The lowest BCUT2D eigenvalue weighted by atomic mass is 10.0. The Bertz CT molecular complexity index is 1370. The van der Waals surface area contributed by atoms with Crippen LogP contribution in [0.4, 0.5) is 0 Å². The number of aliphatic imine (C=N–C) groups is 1. The third-order valence-electron chi connectivity index (χ3n) is 6.57. The van der Waals surface area contributed by atoms with E-state index in [1.54, 1.807) is 26.8 Å². The summed E-state index contributed by atoms with van der Waals surface area (Å²) in [6.45, 7) is 4.67. The lowest BCUT2D eigenvalue weighted by molar-refractivity contribution is -0.790. The minimum Gasteiger partial charge on any atom is -0.456 e. The Labute approximate surface area is 275 Å². The van der Waals surface area contributed by atoms with Gasteiger partial charge in [0.25, 0.3) is 10.2 Å². The molecule has 20 heteroatoms. The average Bonchev–Trinajstić information content (AvgIpc) is 3.62. The number of amides is 2. The van der Waals surface area contributed by atoms with Gasteiger partial charge in [-0.05, 0) is 31.8 Å². The Morgan fingerprint density at radius 3 is 2.74 bits per heavy atom. The summed E-state index contributed by atoms with van der Waals surface area (Å²) in [7, 11) is 0. The third kappa shape index (κ3) is 11.5. The Morgan fingerprint density at radius 1 is 1.28 bits per heavy atom. The number of nitrogens with one attached hydrogen (secondary N) is 2. The summed E-state index contributed by atoms with van der Waals surface area (Å²) < 4.78 is 5.69. The lowest BCUT2D eigenvalue weighted by Gasteiger charge is -2.27. The predicted molar refractivity (Wildman–Crippen MR) is 168 cm³/mol. The van der Waals surface area contributed by atoms with Crippen molar-refractivity contribution in [1.82, 2.24) is 15.6 Å². The van der Waals surface area contributed by atoms with Crippen molar-refractivity contribution in [2.45, 2.75) is 76.8 Å². The van der Waals surface area contributed by atoms with Crippen molar-refractivity contribution in [3.8, 4) is 0 Å². The molecule has 0 aromatic carbocycles. The fraction of sp³-hybridized carbons (Fsp3) is 0.615. The molecule has 0 saturated carbocycles. The van der Waals surface area contributed by atoms with Crippen LogP contribution in [0.2, 0.25) is 0 Å². The van der Waals surface area contributed by atoms with Crippen LogP contribution in [0.3, 0.4) is 0 Å². The van der Waals surface area contributed by atoms with E-state index in [4.69, 9.17) is 4.74 Å². The van der Waals surface area contributed by atoms with Gasteiger partial charge in [0.1, 0.15) is 46.1 Å². The highest BCUT2D eigenvalue weighted by molar-refractivity contribution is 8.14. The minimum atomic E-state index is -1.28. The third-order valence-corrected chi connectivity index (χ3v) is 9.66. The normalized spacial score (nSPS) is 22.9. The molecule has 1 aromatic rings. The van der Waals surface area contributed by atoms with Gasteiger partial charge in [0.2, 0.25) is 11.8 Å². The van der Waals surface area contributed by atoms with E-state index in [-0.39, 0.29) is 36.8 Å². The molecule has 0 fully saturated rings. The lowest BCUT2D eigenvalue weighted by Crippen LogP contribution is -2.53. The van der Waals surface area contributed by atoms with E-state index in [0.29, 0.717) is 33.7 Å². The molecule has 17 nitrogen and oxygen atoms in total. The molecule has 0 saturated heterocycles. The Morgan fingerprint density at radius 2 is 2.04 bits per heavy atom. The van der Waals surface area contributed by atoms with Gasteiger partial charge >= 0.3 is 5.97 Å². The van der Waals surface area contributed by atoms with Crippen molar-refractivity contribution < 1.29 is 43.8 Å². The van der Waals surface area contributed by atoms with Crippen LogP contribution >= 0.6 is 34.9 Å². The van der Waals surface area contributed by atoms with Crippen LogP contribution in [-0.4, -0.2) is 85.0 Å². The number of allylic oxidation sites excluding steroid dienone is 1. The molecule has 0 spiro atoms. The van der Waals surface area contributed by atoms with E-state index in [1.807, 2.05) is 5.38 Å². The zero-order valence-electron chi connectivity index (χ0n) is 25.2. The maximum atomic E-state index is 13.3. The summed E-state index contributed by atoms with van der Waals surface area (Å²) in [6, 6.07) is -1.00. The van der Waals surface area contributed by atoms with E-state index >= 15 is 0 Å². The van der Waals surface area contributed by atoms with Gasteiger partial charge in [-0.15, -0.1) is 43.3 Å². The minimum absolute atomic E-state index is 0.151. The second-order valence-corrected chi connectivity index (χ2v) is 13.8. The first-order valence-corrected chi connectivity index (χ1v) is 17.0. The fourth-order valence-electron chi connectivity index (χ4n) is 4.10. The summed E-state index contributed by atoms with van der Waals surface area (Å²) in [5.41, 5.74) is -0.492. The van der Waals surface area contributed by atoms with Crippen LogP contribution in [0.25, 0.3) is 0 Å². The summed E-state index contributed by atoms with van der Waals surface area (Å²) in [5.74, 6) is -1.21. The van der Waals surface area contributed by atoms with Crippen LogP contribution in [0.5, 0.6) is 0 Å². The molecule has 3 rings (SSSR count). The molecule has 3 heterocycles. The number of carbonyl (C=O) groups excluding carboxylic acids is 4. The van der Waals surface area contributed by atoms with Crippen LogP contribution in [0.1, 0.15) is 57.2 Å². The number of ether oxygens (including phenoxy) is 1. The van der Waals surface area contributed by atoms with Crippen molar-refractivity contribution in [2.24, 2.45) is 10.9 Å². The quantitative estimate of drug-likeness (QED) is 0.0987. The molecule has 2 amide bonds. The van der Waals surface area contributed by atoms with E-state index in [1.165, 1.54) is 29.2 Å². The molecule has 2 N–H and O–H groups in total.